The highest BCUT2D eigenvalue weighted by Crippen LogP contribution is 2.37. The van der Waals surface area contributed by atoms with Crippen LogP contribution in [0.5, 0.6) is 5.88 Å². The van der Waals surface area contributed by atoms with Crippen LogP contribution < -0.4 is 9.46 Å². The van der Waals surface area contributed by atoms with Crippen LogP contribution in [-0.2, 0) is 16.4 Å². The predicted molar refractivity (Wildman–Crippen MR) is 153 cm³/mol. The van der Waals surface area contributed by atoms with Crippen molar-refractivity contribution in [2.24, 2.45) is 0 Å². The molecule has 1 aromatic carbocycles. The van der Waals surface area contributed by atoms with Crippen LogP contribution in [0.4, 0.5) is 19.3 Å². The van der Waals surface area contributed by atoms with Crippen LogP contribution in [0.15, 0.2) is 47.8 Å². The van der Waals surface area contributed by atoms with Crippen molar-refractivity contribution in [3.8, 4) is 16.3 Å². The van der Waals surface area contributed by atoms with E-state index in [4.69, 9.17) is 4.74 Å². The smallest absolute Gasteiger partial charge is 0.407 e. The van der Waals surface area contributed by atoms with Crippen molar-refractivity contribution in [2.45, 2.75) is 30.7 Å². The van der Waals surface area contributed by atoms with Crippen molar-refractivity contribution in [1.82, 2.24) is 24.8 Å². The number of pyridine rings is 1. The van der Waals surface area contributed by atoms with Crippen molar-refractivity contribution in [2.75, 3.05) is 38.0 Å². The maximum atomic E-state index is 14.3. The zero-order chi connectivity index (χ0) is 30.2. The number of piperazine rings is 1. The Balaban J connectivity index is 1.43. The van der Waals surface area contributed by atoms with E-state index in [9.17, 15) is 27.1 Å². The van der Waals surface area contributed by atoms with Gasteiger partial charge in [-0.1, -0.05) is 0 Å². The Hall–Kier alpha value is -3.95. The number of thiophene rings is 1. The summed E-state index contributed by atoms with van der Waals surface area (Å²) in [6.45, 7) is 6.29. The van der Waals surface area contributed by atoms with Crippen LogP contribution in [0.2, 0.25) is 0 Å². The van der Waals surface area contributed by atoms with Gasteiger partial charge in [0.25, 0.3) is 10.0 Å². The average Bonchev–Trinajstić information content (AvgIpc) is 3.38. The van der Waals surface area contributed by atoms with Crippen LogP contribution in [0.25, 0.3) is 20.7 Å². The van der Waals surface area contributed by atoms with E-state index in [1.54, 1.807) is 0 Å². The number of methoxy groups -OCH3 is 1. The molecule has 1 fully saturated rings. The van der Waals surface area contributed by atoms with Crippen molar-refractivity contribution < 1.29 is 31.8 Å². The topological polar surface area (TPSA) is 138 Å². The van der Waals surface area contributed by atoms with E-state index in [1.807, 2.05) is 6.07 Å². The normalized spacial score (nSPS) is 14.7. The van der Waals surface area contributed by atoms with Gasteiger partial charge < -0.3 is 14.7 Å². The van der Waals surface area contributed by atoms with Gasteiger partial charge in [0.1, 0.15) is 33.4 Å². The molecule has 3 aromatic heterocycles. The van der Waals surface area contributed by atoms with Gasteiger partial charge in [-0.25, -0.2) is 36.9 Å². The Morgan fingerprint density at radius 1 is 1.12 bits per heavy atom. The number of carbonyl (C=O) groups is 1. The number of nitrogens with zero attached hydrogens (tertiary/aromatic N) is 5. The lowest BCUT2D eigenvalue weighted by atomic mass is 9.93. The second-order valence-electron chi connectivity index (χ2n) is 10.4. The second kappa shape index (κ2) is 11.4. The summed E-state index contributed by atoms with van der Waals surface area (Å²) in [5.74, 6) is -2.16. The Morgan fingerprint density at radius 3 is 2.52 bits per heavy atom. The molecule has 0 unspecified atom stereocenters. The van der Waals surface area contributed by atoms with E-state index in [1.165, 1.54) is 41.9 Å². The molecule has 4 heterocycles. The lowest BCUT2D eigenvalue weighted by molar-refractivity contribution is 0.0512. The number of nitrogens with one attached hydrogen (secondary N) is 1. The number of rotatable bonds is 8. The minimum Gasteiger partial charge on any atom is -0.480 e. The Morgan fingerprint density at radius 2 is 1.86 bits per heavy atom. The van der Waals surface area contributed by atoms with Gasteiger partial charge >= 0.3 is 6.09 Å². The molecule has 222 valence electrons. The number of ether oxygens (including phenoxy) is 1. The van der Waals surface area contributed by atoms with E-state index < -0.39 is 32.6 Å². The largest absolute Gasteiger partial charge is 0.480 e. The maximum absolute atomic E-state index is 14.3. The number of hydrogen-bond acceptors (Lipinski definition) is 9. The molecule has 0 atom stereocenters. The zero-order valence-corrected chi connectivity index (χ0v) is 24.6. The molecule has 0 spiro atoms. The Labute approximate surface area is 244 Å². The summed E-state index contributed by atoms with van der Waals surface area (Å²) in [5, 5.41) is 10.1. The molecule has 0 radical (unpaired) electrons. The summed E-state index contributed by atoms with van der Waals surface area (Å²) >= 11 is 1.37. The van der Waals surface area contributed by atoms with Crippen molar-refractivity contribution in [3.05, 3.63) is 60.2 Å². The summed E-state index contributed by atoms with van der Waals surface area (Å²) < 4.78 is 61.0. The monoisotopic (exact) mass is 618 g/mol. The third-order valence-corrected chi connectivity index (χ3v) is 9.67. The van der Waals surface area contributed by atoms with E-state index in [-0.39, 0.29) is 17.1 Å². The molecule has 15 heteroatoms. The highest BCUT2D eigenvalue weighted by Gasteiger charge is 2.32. The van der Waals surface area contributed by atoms with E-state index in [0.29, 0.717) is 44.2 Å². The second-order valence-corrected chi connectivity index (χ2v) is 13.0. The molecule has 1 aliphatic heterocycles. The minimum absolute atomic E-state index is 0.0240. The van der Waals surface area contributed by atoms with Gasteiger partial charge in [0, 0.05) is 66.2 Å². The first kappa shape index (κ1) is 29.5. The first-order valence-corrected chi connectivity index (χ1v) is 15.2. The lowest BCUT2D eigenvalue weighted by Crippen LogP contribution is -2.56. The molecule has 1 aliphatic rings. The Bertz CT molecular complexity index is 1760. The third-order valence-electron chi connectivity index (χ3n) is 7.18. The number of benzene rings is 1. The molecule has 11 nitrogen and oxygen atoms in total. The quantitative estimate of drug-likeness (QED) is 0.293. The number of halogens is 2. The lowest BCUT2D eigenvalue weighted by Gasteiger charge is -2.43. The maximum Gasteiger partial charge on any atom is 0.407 e. The van der Waals surface area contributed by atoms with E-state index >= 15 is 0 Å². The van der Waals surface area contributed by atoms with Crippen molar-refractivity contribution in [3.63, 3.8) is 0 Å². The van der Waals surface area contributed by atoms with Crippen molar-refractivity contribution >= 4 is 43.4 Å². The van der Waals surface area contributed by atoms with Crippen LogP contribution in [-0.4, -0.2) is 83.2 Å². The highest BCUT2D eigenvalue weighted by atomic mass is 32.2. The minimum atomic E-state index is -4.43. The number of anilines is 1. The standard InChI is InChI=1S/C27H28F2N6O5S2/c1-27(2,35-8-6-34(7-9-35)26(36)37)13-21-18-12-22(41-25(18)32-15-31-21)16-10-20(24(40-3)30-14-16)33-42(38,39)23-5-4-17(28)11-19(23)29/h4-5,10-12,14-15,33H,6-9,13H2,1-3H3,(H,36,37). The van der Waals surface area contributed by atoms with E-state index in [2.05, 4.69) is 38.4 Å². The predicted octanol–water partition coefficient (Wildman–Crippen LogP) is 4.46. The molecule has 0 saturated carbocycles. The zero-order valence-electron chi connectivity index (χ0n) is 23.0. The summed E-state index contributed by atoms with van der Waals surface area (Å²) in [5.41, 5.74) is 1.05. The summed E-state index contributed by atoms with van der Waals surface area (Å²) in [6, 6.07) is 5.63. The van der Waals surface area contributed by atoms with Gasteiger partial charge in [-0.15, -0.1) is 11.3 Å². The van der Waals surface area contributed by atoms with Gasteiger partial charge in [0.05, 0.1) is 12.8 Å². The number of amides is 1. The molecular formula is C27H28F2N6O5S2. The first-order valence-electron chi connectivity index (χ1n) is 12.9. The summed E-state index contributed by atoms with van der Waals surface area (Å²) in [7, 11) is -3.11. The average molecular weight is 619 g/mol. The van der Waals surface area contributed by atoms with E-state index in [0.717, 1.165) is 32.9 Å². The van der Waals surface area contributed by atoms with Crippen LogP contribution >= 0.6 is 11.3 Å². The van der Waals surface area contributed by atoms with Crippen LogP contribution in [0.3, 0.4) is 0 Å². The fourth-order valence-electron chi connectivity index (χ4n) is 4.93. The van der Waals surface area contributed by atoms with Gasteiger partial charge in [-0.05, 0) is 38.1 Å². The first-order chi connectivity index (χ1) is 19.9. The number of aromatic nitrogens is 3. The molecule has 0 aliphatic carbocycles. The van der Waals surface area contributed by atoms with Crippen LogP contribution in [0, 0.1) is 11.6 Å². The van der Waals surface area contributed by atoms with Gasteiger partial charge in [0.2, 0.25) is 5.88 Å². The molecule has 5 rings (SSSR count). The number of hydrogen-bond donors (Lipinski definition) is 2. The van der Waals surface area contributed by atoms with Crippen LogP contribution in [0.1, 0.15) is 19.5 Å². The number of sulfonamides is 1. The number of fused-ring (bicyclic) bond motifs is 1. The molecule has 4 aromatic rings. The number of carboxylic acid groups (broad SMARTS) is 1. The summed E-state index contributed by atoms with van der Waals surface area (Å²) in [6.07, 6.45) is 2.70. The van der Waals surface area contributed by atoms with Crippen molar-refractivity contribution in [1.29, 1.82) is 0 Å². The van der Waals surface area contributed by atoms with Gasteiger partial charge in [-0.2, -0.15) is 0 Å². The molecule has 2 N–H and O–H groups in total. The summed E-state index contributed by atoms with van der Waals surface area (Å²) in [4.78, 5) is 28.9. The SMILES string of the molecule is COc1ncc(-c2cc3c(CC(C)(C)N4CCN(C(=O)O)CC4)ncnc3s2)cc1NS(=O)(=O)c1ccc(F)cc1F. The third kappa shape index (κ3) is 5.98. The molecule has 1 amide bonds. The molecule has 0 bridgehead atoms. The van der Waals surface area contributed by atoms with Gasteiger partial charge in [-0.3, -0.25) is 9.62 Å². The van der Waals surface area contributed by atoms with Gasteiger partial charge in [0.15, 0.2) is 0 Å². The molecule has 42 heavy (non-hydrogen) atoms. The molecular weight excluding hydrogens is 590 g/mol. The fourth-order valence-corrected chi connectivity index (χ4v) is 7.04. The highest BCUT2D eigenvalue weighted by molar-refractivity contribution is 7.92. The Kier molecular flexibility index (Phi) is 8.00. The molecule has 1 saturated heterocycles. The fraction of sp³-hybridized carbons (Fsp3) is 0.333.